The van der Waals surface area contributed by atoms with Crippen LogP contribution < -0.4 is 10.6 Å². The smallest absolute Gasteiger partial charge is 0.252 e. The number of carbonyl (C=O) groups is 2. The number of nitrogens with one attached hydrogen (secondary N) is 2. The Morgan fingerprint density at radius 2 is 1.25 bits per heavy atom. The van der Waals surface area contributed by atoms with Crippen LogP contribution in [0.2, 0.25) is 0 Å². The lowest BCUT2D eigenvalue weighted by Crippen LogP contribution is -2.50. The number of aromatic nitrogens is 2. The summed E-state index contributed by atoms with van der Waals surface area (Å²) in [6.07, 6.45) is 2.56. The van der Waals surface area contributed by atoms with Crippen LogP contribution in [-0.4, -0.2) is 34.4 Å². The lowest BCUT2D eigenvalue weighted by atomic mass is 9.62. The van der Waals surface area contributed by atoms with Gasteiger partial charge < -0.3 is 10.6 Å². The first kappa shape index (κ1) is 32.2. The molecule has 2 aromatic carbocycles. The summed E-state index contributed by atoms with van der Waals surface area (Å²) in [7, 11) is 0. The largest absolute Gasteiger partial charge is 0.351 e. The van der Waals surface area contributed by atoms with Crippen molar-refractivity contribution in [3.63, 3.8) is 0 Å². The van der Waals surface area contributed by atoms with E-state index >= 15 is 0 Å². The van der Waals surface area contributed by atoms with Crippen molar-refractivity contribution in [2.24, 2.45) is 10.8 Å². The fourth-order valence-electron chi connectivity index (χ4n) is 7.65. The van der Waals surface area contributed by atoms with E-state index in [1.807, 2.05) is 60.7 Å². The molecule has 2 amide bonds. The van der Waals surface area contributed by atoms with E-state index in [2.05, 4.69) is 69.5 Å². The normalized spacial score (nSPS) is 19.0. The fraction of sp³-hybridized carbons (Fsp3) is 0.300. The minimum absolute atomic E-state index is 0.0246. The maximum absolute atomic E-state index is 14.1. The number of amides is 2. The number of hydrogen-bond acceptors (Lipinski definition) is 6. The van der Waals surface area contributed by atoms with E-state index in [-0.39, 0.29) is 28.7 Å². The Hall–Kier alpha value is -4.40. The van der Waals surface area contributed by atoms with E-state index < -0.39 is 0 Å². The van der Waals surface area contributed by atoms with Gasteiger partial charge in [0.15, 0.2) is 0 Å². The average molecular weight is 673 g/mol. The summed E-state index contributed by atoms with van der Waals surface area (Å²) >= 11 is 3.36. The minimum Gasteiger partial charge on any atom is -0.351 e. The Morgan fingerprint density at radius 1 is 0.729 bits per heavy atom. The zero-order valence-corrected chi connectivity index (χ0v) is 29.6. The minimum atomic E-state index is -0.216. The Kier molecular flexibility index (Phi) is 8.42. The van der Waals surface area contributed by atoms with Crippen molar-refractivity contribution in [2.45, 2.75) is 59.9 Å². The number of fused-ring (bicyclic) bond motifs is 2. The molecule has 2 atom stereocenters. The van der Waals surface area contributed by atoms with Crippen LogP contribution in [-0.2, 0) is 0 Å². The highest BCUT2D eigenvalue weighted by Gasteiger charge is 2.42. The summed E-state index contributed by atoms with van der Waals surface area (Å²) in [5.41, 5.74) is 4.27. The molecule has 1 aliphatic rings. The number of hydrogen-bond donors (Lipinski definition) is 2. The van der Waals surface area contributed by atoms with Gasteiger partial charge in [-0.3, -0.25) is 9.59 Å². The van der Waals surface area contributed by atoms with Crippen molar-refractivity contribution in [3.8, 4) is 21.1 Å². The molecular formula is C40H40N4O2S2. The Labute approximate surface area is 289 Å². The van der Waals surface area contributed by atoms with Crippen LogP contribution in [0.3, 0.4) is 0 Å². The summed E-state index contributed by atoms with van der Waals surface area (Å²) in [4.78, 5) is 42.2. The van der Waals surface area contributed by atoms with Crippen LogP contribution in [0.15, 0.2) is 84.9 Å². The molecule has 1 aliphatic carbocycles. The first-order valence-electron chi connectivity index (χ1n) is 16.5. The number of benzene rings is 2. The molecule has 48 heavy (non-hydrogen) atoms. The van der Waals surface area contributed by atoms with Crippen molar-refractivity contribution in [1.82, 2.24) is 20.6 Å². The van der Waals surface area contributed by atoms with E-state index in [9.17, 15) is 9.59 Å². The zero-order chi connectivity index (χ0) is 33.6. The topological polar surface area (TPSA) is 84.0 Å². The van der Waals surface area contributed by atoms with Gasteiger partial charge in [0.2, 0.25) is 0 Å². The fourth-order valence-corrected chi connectivity index (χ4v) is 9.30. The molecule has 0 saturated heterocycles. The van der Waals surface area contributed by atoms with Crippen LogP contribution in [0.1, 0.15) is 70.5 Å². The van der Waals surface area contributed by atoms with E-state index in [1.165, 1.54) is 9.75 Å². The van der Waals surface area contributed by atoms with Crippen molar-refractivity contribution < 1.29 is 9.59 Å². The molecule has 0 spiro atoms. The highest BCUT2D eigenvalue weighted by Crippen LogP contribution is 2.46. The maximum Gasteiger partial charge on any atom is 0.252 e. The quantitative estimate of drug-likeness (QED) is 0.177. The third-order valence-electron chi connectivity index (χ3n) is 9.36. The van der Waals surface area contributed by atoms with Gasteiger partial charge in [0, 0.05) is 33.1 Å². The van der Waals surface area contributed by atoms with Gasteiger partial charge >= 0.3 is 0 Å². The Morgan fingerprint density at radius 3 is 1.77 bits per heavy atom. The van der Waals surface area contributed by atoms with Crippen LogP contribution in [0.4, 0.5) is 0 Å². The molecule has 244 valence electrons. The van der Waals surface area contributed by atoms with Gasteiger partial charge in [0.05, 0.1) is 43.3 Å². The first-order valence-corrected chi connectivity index (χ1v) is 18.1. The number of para-hydroxylation sites is 2. The molecule has 0 radical (unpaired) electrons. The number of rotatable bonds is 7. The third-order valence-corrected chi connectivity index (χ3v) is 11.4. The SMILES string of the molecule is Cc1ccc(-c2cc(C(=O)NC[C@]3(C)C[C@@H](NC(=O)c4cc(-c5ccc(C)s5)nc5ccccc45)CC(C)(C)C3)c3ccccc3n2)s1. The molecule has 2 N–H and O–H groups in total. The molecule has 0 aliphatic heterocycles. The van der Waals surface area contributed by atoms with Crippen molar-refractivity contribution in [2.75, 3.05) is 6.54 Å². The summed E-state index contributed by atoms with van der Waals surface area (Å²) in [6, 6.07) is 27.8. The molecule has 8 heteroatoms. The van der Waals surface area contributed by atoms with E-state index in [4.69, 9.17) is 9.97 Å². The molecule has 0 bridgehead atoms. The van der Waals surface area contributed by atoms with Gasteiger partial charge in [-0.15, -0.1) is 22.7 Å². The molecule has 0 unspecified atom stereocenters. The molecule has 1 saturated carbocycles. The van der Waals surface area contributed by atoms with Crippen LogP contribution in [0, 0.1) is 24.7 Å². The number of pyridine rings is 2. The second-order valence-electron chi connectivity index (χ2n) is 14.4. The molecule has 6 nitrogen and oxygen atoms in total. The predicted molar refractivity (Wildman–Crippen MR) is 199 cm³/mol. The van der Waals surface area contributed by atoms with E-state index in [0.29, 0.717) is 17.7 Å². The molecule has 4 aromatic heterocycles. The van der Waals surface area contributed by atoms with E-state index in [0.717, 1.165) is 62.2 Å². The van der Waals surface area contributed by atoms with Gasteiger partial charge in [0.25, 0.3) is 11.8 Å². The number of carbonyl (C=O) groups excluding carboxylic acids is 2. The zero-order valence-electron chi connectivity index (χ0n) is 28.0. The number of aryl methyl sites for hydroxylation is 2. The summed E-state index contributed by atoms with van der Waals surface area (Å²) in [6.45, 7) is 11.4. The lowest BCUT2D eigenvalue weighted by Gasteiger charge is -2.47. The maximum atomic E-state index is 14.1. The first-order chi connectivity index (χ1) is 23.0. The number of thiophene rings is 2. The number of nitrogens with zero attached hydrogens (tertiary/aromatic N) is 2. The third kappa shape index (κ3) is 6.64. The highest BCUT2D eigenvalue weighted by atomic mass is 32.1. The monoisotopic (exact) mass is 672 g/mol. The van der Waals surface area contributed by atoms with Crippen LogP contribution >= 0.6 is 22.7 Å². The highest BCUT2D eigenvalue weighted by molar-refractivity contribution is 7.15. The van der Waals surface area contributed by atoms with Gasteiger partial charge in [-0.2, -0.15) is 0 Å². The molecule has 6 aromatic rings. The van der Waals surface area contributed by atoms with Gasteiger partial charge in [-0.05, 0) is 92.5 Å². The Balaban J connectivity index is 1.12. The van der Waals surface area contributed by atoms with Gasteiger partial charge in [-0.25, -0.2) is 9.97 Å². The average Bonchev–Trinajstić information content (AvgIpc) is 3.69. The predicted octanol–water partition coefficient (Wildman–Crippen LogP) is 9.60. The second kappa shape index (κ2) is 12.6. The Bertz CT molecular complexity index is 2180. The van der Waals surface area contributed by atoms with Crippen LogP contribution in [0.5, 0.6) is 0 Å². The molecular weight excluding hydrogens is 633 g/mol. The summed E-state index contributed by atoms with van der Waals surface area (Å²) in [5.74, 6) is -0.190. The van der Waals surface area contributed by atoms with Gasteiger partial charge in [0.1, 0.15) is 0 Å². The summed E-state index contributed by atoms with van der Waals surface area (Å²) in [5, 5.41) is 8.39. The molecule has 7 rings (SSSR count). The summed E-state index contributed by atoms with van der Waals surface area (Å²) < 4.78 is 0. The van der Waals surface area contributed by atoms with Crippen molar-refractivity contribution >= 4 is 56.3 Å². The van der Waals surface area contributed by atoms with Crippen LogP contribution in [0.25, 0.3) is 42.9 Å². The van der Waals surface area contributed by atoms with E-state index in [1.54, 1.807) is 22.7 Å². The molecule has 4 heterocycles. The standard InChI is InChI=1S/C40H40N4O2S2/c1-24-14-16-35(47-24)33-18-29(27-10-6-8-12-31(27)43-33)37(45)41-23-40(5)21-26(20-39(3,4)22-40)42-38(46)30-19-34(36-17-15-25(2)48-36)44-32-13-9-7-11-28(30)32/h6-19,26H,20-23H2,1-5H3,(H,41,45)(H,42,46)/t26-,40+/m0/s1. The van der Waals surface area contributed by atoms with Crippen molar-refractivity contribution in [1.29, 1.82) is 0 Å². The van der Waals surface area contributed by atoms with Gasteiger partial charge in [-0.1, -0.05) is 57.2 Å². The second-order valence-corrected chi connectivity index (χ2v) is 17.0. The molecule has 1 fully saturated rings. The lowest BCUT2D eigenvalue weighted by molar-refractivity contribution is 0.0593. The van der Waals surface area contributed by atoms with Crippen molar-refractivity contribution in [3.05, 3.63) is 106 Å².